The number of nitrogens with two attached hydrogens (primary N) is 1. The van der Waals surface area contributed by atoms with Gasteiger partial charge in [-0.1, -0.05) is 15.9 Å². The van der Waals surface area contributed by atoms with E-state index in [0.29, 0.717) is 22.7 Å². The molecular formula is C15H15BrN2O3. The Labute approximate surface area is 131 Å². The van der Waals surface area contributed by atoms with Crippen LogP contribution in [0, 0.1) is 0 Å². The van der Waals surface area contributed by atoms with Crippen molar-refractivity contribution in [1.82, 2.24) is 0 Å². The van der Waals surface area contributed by atoms with Gasteiger partial charge in [-0.25, -0.2) is 4.79 Å². The van der Waals surface area contributed by atoms with Crippen LogP contribution in [0.5, 0.6) is 5.75 Å². The zero-order valence-corrected chi connectivity index (χ0v) is 13.2. The van der Waals surface area contributed by atoms with Gasteiger partial charge in [-0.15, -0.1) is 0 Å². The molecule has 0 aliphatic carbocycles. The highest BCUT2D eigenvalue weighted by atomic mass is 79.9. The Balaban J connectivity index is 2.39. The summed E-state index contributed by atoms with van der Waals surface area (Å²) >= 11 is 3.41. The monoisotopic (exact) mass is 350 g/mol. The Morgan fingerprint density at radius 3 is 2.62 bits per heavy atom. The molecule has 110 valence electrons. The normalized spacial score (nSPS) is 10.0. The molecule has 0 saturated heterocycles. The molecular weight excluding hydrogens is 336 g/mol. The van der Waals surface area contributed by atoms with E-state index in [1.54, 1.807) is 25.3 Å². The Hall–Kier alpha value is -2.21. The first kappa shape index (κ1) is 15.2. The third kappa shape index (κ3) is 3.66. The highest BCUT2D eigenvalue weighted by molar-refractivity contribution is 9.10. The first-order valence-electron chi connectivity index (χ1n) is 6.13. The number of rotatable bonds is 4. The van der Waals surface area contributed by atoms with E-state index < -0.39 is 5.97 Å². The van der Waals surface area contributed by atoms with Crippen LogP contribution in [0.2, 0.25) is 0 Å². The number of nitrogens with one attached hydrogen (secondary N) is 1. The van der Waals surface area contributed by atoms with Gasteiger partial charge in [-0.2, -0.15) is 0 Å². The minimum atomic E-state index is -0.452. The molecule has 2 aromatic rings. The maximum atomic E-state index is 11.8. The van der Waals surface area contributed by atoms with Gasteiger partial charge in [0, 0.05) is 21.9 Å². The number of halogens is 1. The lowest BCUT2D eigenvalue weighted by Gasteiger charge is -2.13. The molecule has 21 heavy (non-hydrogen) atoms. The molecule has 0 unspecified atom stereocenters. The molecule has 3 N–H and O–H groups in total. The van der Waals surface area contributed by atoms with E-state index in [0.717, 1.165) is 10.2 Å². The molecule has 2 aromatic carbocycles. The van der Waals surface area contributed by atoms with Crippen molar-refractivity contribution < 1.29 is 14.3 Å². The first-order valence-corrected chi connectivity index (χ1v) is 6.92. The maximum absolute atomic E-state index is 11.8. The summed E-state index contributed by atoms with van der Waals surface area (Å²) in [5, 5.41) is 3.16. The largest absolute Gasteiger partial charge is 0.497 e. The summed E-state index contributed by atoms with van der Waals surface area (Å²) in [4.78, 5) is 11.8. The van der Waals surface area contributed by atoms with Crippen molar-refractivity contribution in [1.29, 1.82) is 0 Å². The van der Waals surface area contributed by atoms with Crippen LogP contribution in [0.3, 0.4) is 0 Å². The fraction of sp³-hybridized carbons (Fsp3) is 0.133. The molecule has 6 heteroatoms. The standard InChI is InChI=1S/C15H15BrN2O3/c1-20-12-6-9(16)5-11(8-12)18-14-4-3-10(17)7-13(14)15(19)21-2/h3-8,18H,17H2,1-2H3. The number of hydrogen-bond donors (Lipinski definition) is 2. The molecule has 0 heterocycles. The SMILES string of the molecule is COC(=O)c1cc(N)ccc1Nc1cc(Br)cc(OC)c1. The summed E-state index contributed by atoms with van der Waals surface area (Å²) in [6.45, 7) is 0. The predicted molar refractivity (Wildman–Crippen MR) is 86.2 cm³/mol. The Morgan fingerprint density at radius 2 is 1.95 bits per heavy atom. The van der Waals surface area contributed by atoms with Gasteiger partial charge >= 0.3 is 5.97 Å². The van der Waals surface area contributed by atoms with Crippen LogP contribution in [0.25, 0.3) is 0 Å². The molecule has 0 spiro atoms. The van der Waals surface area contributed by atoms with Crippen molar-refractivity contribution in [2.75, 3.05) is 25.3 Å². The molecule has 0 aliphatic rings. The second-order valence-electron chi connectivity index (χ2n) is 4.30. The summed E-state index contributed by atoms with van der Waals surface area (Å²) in [6, 6.07) is 10.6. The third-order valence-electron chi connectivity index (χ3n) is 2.83. The molecule has 0 aliphatic heterocycles. The van der Waals surface area contributed by atoms with Gasteiger partial charge in [-0.3, -0.25) is 0 Å². The summed E-state index contributed by atoms with van der Waals surface area (Å²) in [5.41, 5.74) is 7.97. The number of hydrogen-bond acceptors (Lipinski definition) is 5. The van der Waals surface area contributed by atoms with E-state index in [1.165, 1.54) is 7.11 Å². The number of esters is 1. The van der Waals surface area contributed by atoms with Crippen LogP contribution >= 0.6 is 15.9 Å². The average molecular weight is 351 g/mol. The van der Waals surface area contributed by atoms with Crippen molar-refractivity contribution in [3.05, 3.63) is 46.4 Å². The van der Waals surface area contributed by atoms with E-state index in [9.17, 15) is 4.79 Å². The van der Waals surface area contributed by atoms with Gasteiger partial charge in [0.15, 0.2) is 0 Å². The van der Waals surface area contributed by atoms with Crippen LogP contribution in [0.1, 0.15) is 10.4 Å². The smallest absolute Gasteiger partial charge is 0.340 e. The van der Waals surface area contributed by atoms with E-state index in [4.69, 9.17) is 15.2 Å². The molecule has 0 aromatic heterocycles. The second-order valence-corrected chi connectivity index (χ2v) is 5.22. The Bertz CT molecular complexity index is 674. The van der Waals surface area contributed by atoms with Gasteiger partial charge in [0.1, 0.15) is 5.75 Å². The van der Waals surface area contributed by atoms with Crippen molar-refractivity contribution in [2.24, 2.45) is 0 Å². The maximum Gasteiger partial charge on any atom is 0.340 e. The number of ether oxygens (including phenoxy) is 2. The third-order valence-corrected chi connectivity index (χ3v) is 3.29. The molecule has 0 bridgehead atoms. The Morgan fingerprint density at radius 1 is 1.19 bits per heavy atom. The summed E-state index contributed by atoms with van der Waals surface area (Å²) in [5.74, 6) is 0.244. The van der Waals surface area contributed by atoms with E-state index >= 15 is 0 Å². The van der Waals surface area contributed by atoms with Crippen LogP contribution < -0.4 is 15.8 Å². The lowest BCUT2D eigenvalue weighted by molar-refractivity contribution is 0.0602. The van der Waals surface area contributed by atoms with Crippen molar-refractivity contribution >= 4 is 39.0 Å². The van der Waals surface area contributed by atoms with E-state index in [2.05, 4.69) is 21.2 Å². The molecule has 5 nitrogen and oxygen atoms in total. The fourth-order valence-corrected chi connectivity index (χ4v) is 2.33. The van der Waals surface area contributed by atoms with Crippen molar-refractivity contribution in [3.63, 3.8) is 0 Å². The molecule has 0 atom stereocenters. The molecule has 2 rings (SSSR count). The van der Waals surface area contributed by atoms with Gasteiger partial charge in [0.05, 0.1) is 25.5 Å². The zero-order valence-electron chi connectivity index (χ0n) is 11.6. The van der Waals surface area contributed by atoms with Crippen LogP contribution in [-0.4, -0.2) is 20.2 Å². The highest BCUT2D eigenvalue weighted by Crippen LogP contribution is 2.29. The molecule has 0 saturated carbocycles. The number of anilines is 3. The zero-order chi connectivity index (χ0) is 15.4. The number of methoxy groups -OCH3 is 2. The Kier molecular flexibility index (Phi) is 4.70. The minimum Gasteiger partial charge on any atom is -0.497 e. The van der Waals surface area contributed by atoms with Gasteiger partial charge < -0.3 is 20.5 Å². The van der Waals surface area contributed by atoms with Gasteiger partial charge in [0.2, 0.25) is 0 Å². The molecule has 0 fully saturated rings. The van der Waals surface area contributed by atoms with Crippen molar-refractivity contribution in [2.45, 2.75) is 0 Å². The second kappa shape index (κ2) is 6.49. The van der Waals surface area contributed by atoms with Crippen LogP contribution in [-0.2, 0) is 4.74 Å². The predicted octanol–water partition coefficient (Wildman–Crippen LogP) is 3.57. The average Bonchev–Trinajstić information content (AvgIpc) is 2.47. The number of carbonyl (C=O) groups excluding carboxylic acids is 1. The van der Waals surface area contributed by atoms with Gasteiger partial charge in [0.25, 0.3) is 0 Å². The van der Waals surface area contributed by atoms with Gasteiger partial charge in [-0.05, 0) is 30.3 Å². The fourth-order valence-electron chi connectivity index (χ4n) is 1.86. The van der Waals surface area contributed by atoms with Crippen LogP contribution in [0.15, 0.2) is 40.9 Å². The molecule has 0 radical (unpaired) electrons. The summed E-state index contributed by atoms with van der Waals surface area (Å²) in [6.07, 6.45) is 0. The van der Waals surface area contributed by atoms with E-state index in [1.807, 2.05) is 18.2 Å². The highest BCUT2D eigenvalue weighted by Gasteiger charge is 2.13. The lowest BCUT2D eigenvalue weighted by Crippen LogP contribution is -2.06. The van der Waals surface area contributed by atoms with E-state index in [-0.39, 0.29) is 0 Å². The quantitative estimate of drug-likeness (QED) is 0.651. The summed E-state index contributed by atoms with van der Waals surface area (Å²) < 4.78 is 10.8. The minimum absolute atomic E-state index is 0.372. The molecule has 0 amide bonds. The number of benzene rings is 2. The number of carbonyl (C=O) groups is 1. The summed E-state index contributed by atoms with van der Waals surface area (Å²) in [7, 11) is 2.92. The van der Waals surface area contributed by atoms with Crippen molar-refractivity contribution in [3.8, 4) is 5.75 Å². The topological polar surface area (TPSA) is 73.6 Å². The van der Waals surface area contributed by atoms with Crippen LogP contribution in [0.4, 0.5) is 17.1 Å². The first-order chi connectivity index (χ1) is 10.0. The lowest BCUT2D eigenvalue weighted by atomic mass is 10.1. The number of nitrogen functional groups attached to an aromatic ring is 1.